The predicted octanol–water partition coefficient (Wildman–Crippen LogP) is 1.67. The lowest BCUT2D eigenvalue weighted by molar-refractivity contribution is -0.120. The van der Waals surface area contributed by atoms with E-state index in [4.69, 9.17) is 11.6 Å². The third-order valence-corrected chi connectivity index (χ3v) is 2.89. The van der Waals surface area contributed by atoms with Crippen LogP contribution in [-0.2, 0) is 4.79 Å². The lowest BCUT2D eigenvalue weighted by atomic mass is 9.99. The van der Waals surface area contributed by atoms with Crippen LogP contribution in [0.1, 0.15) is 12.8 Å². The topological polar surface area (TPSA) is 54.0 Å². The fourth-order valence-corrected chi connectivity index (χ4v) is 1.88. The summed E-state index contributed by atoms with van der Waals surface area (Å²) in [6.45, 7) is 1.76. The van der Waals surface area contributed by atoms with Crippen molar-refractivity contribution < 1.29 is 4.79 Å². The smallest absolute Gasteiger partial charge is 0.228 e. The number of anilines is 1. The molecule has 1 aliphatic rings. The minimum Gasteiger partial charge on any atom is -0.324 e. The average Bonchev–Trinajstić information content (AvgIpc) is 2.33. The Morgan fingerprint density at radius 2 is 2.44 bits per heavy atom. The fourth-order valence-electron chi connectivity index (χ4n) is 1.77. The van der Waals surface area contributed by atoms with E-state index in [9.17, 15) is 4.79 Å². The molecular formula is C11H14ClN3O. The van der Waals surface area contributed by atoms with Crippen molar-refractivity contribution in [3.8, 4) is 0 Å². The Morgan fingerprint density at radius 1 is 1.56 bits per heavy atom. The molecule has 1 saturated heterocycles. The predicted molar refractivity (Wildman–Crippen MR) is 63.5 cm³/mol. The van der Waals surface area contributed by atoms with E-state index in [2.05, 4.69) is 15.6 Å². The molecule has 1 aromatic heterocycles. The fraction of sp³-hybridized carbons (Fsp3) is 0.455. The maximum Gasteiger partial charge on any atom is 0.228 e. The number of nitrogens with zero attached hydrogens (tertiary/aromatic N) is 1. The summed E-state index contributed by atoms with van der Waals surface area (Å²) >= 11 is 5.66. The van der Waals surface area contributed by atoms with Crippen LogP contribution in [0.25, 0.3) is 0 Å². The Kier molecular flexibility index (Phi) is 3.74. The number of pyridine rings is 1. The number of hydrogen-bond donors (Lipinski definition) is 2. The summed E-state index contributed by atoms with van der Waals surface area (Å²) in [6, 6.07) is 3.42. The maximum absolute atomic E-state index is 11.8. The first-order valence-electron chi connectivity index (χ1n) is 5.39. The van der Waals surface area contributed by atoms with Crippen LogP contribution in [0, 0.1) is 5.92 Å². The summed E-state index contributed by atoms with van der Waals surface area (Å²) in [5, 5.41) is 6.48. The first kappa shape index (κ1) is 11.4. The molecule has 1 fully saturated rings. The van der Waals surface area contributed by atoms with Gasteiger partial charge in [0.05, 0.1) is 17.8 Å². The first-order valence-corrected chi connectivity index (χ1v) is 5.76. The molecule has 1 aliphatic heterocycles. The number of nitrogens with one attached hydrogen (secondary N) is 2. The number of rotatable bonds is 2. The molecule has 0 aliphatic carbocycles. The van der Waals surface area contributed by atoms with E-state index in [1.54, 1.807) is 18.3 Å². The lowest BCUT2D eigenvalue weighted by Gasteiger charge is -2.21. The van der Waals surface area contributed by atoms with Gasteiger partial charge in [0.1, 0.15) is 5.15 Å². The van der Waals surface area contributed by atoms with E-state index >= 15 is 0 Å². The van der Waals surface area contributed by atoms with Gasteiger partial charge in [0.15, 0.2) is 0 Å². The van der Waals surface area contributed by atoms with Crippen LogP contribution in [0.4, 0.5) is 5.69 Å². The molecule has 0 bridgehead atoms. The van der Waals surface area contributed by atoms with E-state index in [0.717, 1.165) is 25.9 Å². The van der Waals surface area contributed by atoms with Crippen molar-refractivity contribution in [2.45, 2.75) is 12.8 Å². The van der Waals surface area contributed by atoms with Crippen LogP contribution < -0.4 is 10.6 Å². The number of amides is 1. The Hall–Kier alpha value is -1.13. The zero-order valence-electron chi connectivity index (χ0n) is 8.87. The number of piperidine rings is 1. The van der Waals surface area contributed by atoms with Crippen molar-refractivity contribution in [1.29, 1.82) is 0 Å². The van der Waals surface area contributed by atoms with E-state index in [0.29, 0.717) is 10.8 Å². The molecule has 4 nitrogen and oxygen atoms in total. The highest BCUT2D eigenvalue weighted by atomic mass is 35.5. The van der Waals surface area contributed by atoms with Crippen molar-refractivity contribution in [2.24, 2.45) is 5.92 Å². The van der Waals surface area contributed by atoms with Crippen LogP contribution in [0.2, 0.25) is 5.15 Å². The molecule has 1 atom stereocenters. The second-order valence-electron chi connectivity index (χ2n) is 3.90. The standard InChI is InChI=1S/C11H14ClN3O/c12-10-4-3-9(7-14-10)15-11(16)8-2-1-5-13-6-8/h3-4,7-8,13H,1-2,5-6H2,(H,15,16). The van der Waals surface area contributed by atoms with Gasteiger partial charge < -0.3 is 10.6 Å². The van der Waals surface area contributed by atoms with Gasteiger partial charge >= 0.3 is 0 Å². The quantitative estimate of drug-likeness (QED) is 0.772. The number of hydrogen-bond acceptors (Lipinski definition) is 3. The molecule has 0 aromatic carbocycles. The summed E-state index contributed by atoms with van der Waals surface area (Å²) in [6.07, 6.45) is 3.56. The SMILES string of the molecule is O=C(Nc1ccc(Cl)nc1)C1CCCNC1. The molecule has 2 heterocycles. The number of aromatic nitrogens is 1. The summed E-state index contributed by atoms with van der Waals surface area (Å²) < 4.78 is 0. The van der Waals surface area contributed by atoms with Gasteiger partial charge in [-0.05, 0) is 31.5 Å². The highest BCUT2D eigenvalue weighted by Crippen LogP contribution is 2.14. The van der Waals surface area contributed by atoms with Gasteiger partial charge in [-0.15, -0.1) is 0 Å². The second kappa shape index (κ2) is 5.27. The largest absolute Gasteiger partial charge is 0.324 e. The molecule has 0 saturated carbocycles. The molecule has 1 amide bonds. The summed E-state index contributed by atoms with van der Waals surface area (Å²) in [5.74, 6) is 0.112. The zero-order valence-corrected chi connectivity index (χ0v) is 9.63. The summed E-state index contributed by atoms with van der Waals surface area (Å²) in [5.41, 5.74) is 0.694. The van der Waals surface area contributed by atoms with Gasteiger partial charge in [0, 0.05) is 6.54 Å². The maximum atomic E-state index is 11.8. The molecule has 2 N–H and O–H groups in total. The van der Waals surface area contributed by atoms with E-state index < -0.39 is 0 Å². The van der Waals surface area contributed by atoms with Crippen molar-refractivity contribution >= 4 is 23.2 Å². The zero-order chi connectivity index (χ0) is 11.4. The first-order chi connectivity index (χ1) is 7.75. The number of halogens is 1. The molecule has 2 rings (SSSR count). The highest BCUT2D eigenvalue weighted by Gasteiger charge is 2.20. The van der Waals surface area contributed by atoms with Crippen molar-refractivity contribution in [1.82, 2.24) is 10.3 Å². The van der Waals surface area contributed by atoms with Crippen molar-refractivity contribution in [2.75, 3.05) is 18.4 Å². The van der Waals surface area contributed by atoms with Gasteiger partial charge in [-0.1, -0.05) is 11.6 Å². The lowest BCUT2D eigenvalue weighted by Crippen LogP contribution is -2.37. The van der Waals surface area contributed by atoms with Crippen LogP contribution in [-0.4, -0.2) is 24.0 Å². The molecule has 1 unspecified atom stereocenters. The van der Waals surface area contributed by atoms with E-state index in [-0.39, 0.29) is 11.8 Å². The Morgan fingerprint density at radius 3 is 3.06 bits per heavy atom. The Labute approximate surface area is 99.4 Å². The van der Waals surface area contributed by atoms with Gasteiger partial charge in [0.25, 0.3) is 0 Å². The van der Waals surface area contributed by atoms with Gasteiger partial charge in [-0.3, -0.25) is 4.79 Å². The second-order valence-corrected chi connectivity index (χ2v) is 4.29. The summed E-state index contributed by atoms with van der Waals surface area (Å²) in [7, 11) is 0. The Balaban J connectivity index is 1.93. The molecule has 0 spiro atoms. The minimum absolute atomic E-state index is 0.0522. The van der Waals surface area contributed by atoms with E-state index in [1.165, 1.54) is 0 Å². The van der Waals surface area contributed by atoms with Crippen molar-refractivity contribution in [3.63, 3.8) is 0 Å². The highest BCUT2D eigenvalue weighted by molar-refractivity contribution is 6.29. The van der Waals surface area contributed by atoms with Gasteiger partial charge in [-0.25, -0.2) is 4.98 Å². The molecule has 5 heteroatoms. The number of carbonyl (C=O) groups is 1. The van der Waals surface area contributed by atoms with Crippen LogP contribution in [0.3, 0.4) is 0 Å². The van der Waals surface area contributed by atoms with Crippen LogP contribution in [0.15, 0.2) is 18.3 Å². The molecule has 1 aromatic rings. The van der Waals surface area contributed by atoms with Crippen molar-refractivity contribution in [3.05, 3.63) is 23.5 Å². The third-order valence-electron chi connectivity index (χ3n) is 2.66. The van der Waals surface area contributed by atoms with Gasteiger partial charge in [0.2, 0.25) is 5.91 Å². The molecule has 16 heavy (non-hydrogen) atoms. The third kappa shape index (κ3) is 2.93. The number of carbonyl (C=O) groups excluding carboxylic acids is 1. The average molecular weight is 240 g/mol. The molecule has 0 radical (unpaired) electrons. The van der Waals surface area contributed by atoms with Gasteiger partial charge in [-0.2, -0.15) is 0 Å². The summed E-state index contributed by atoms with van der Waals surface area (Å²) in [4.78, 5) is 15.8. The monoisotopic (exact) mass is 239 g/mol. The van der Waals surface area contributed by atoms with E-state index in [1.807, 2.05) is 0 Å². The normalized spacial score (nSPS) is 20.4. The molecule has 86 valence electrons. The van der Waals surface area contributed by atoms with Crippen LogP contribution >= 0.6 is 11.6 Å². The van der Waals surface area contributed by atoms with Crippen LogP contribution in [0.5, 0.6) is 0 Å². The minimum atomic E-state index is 0.0522. The Bertz CT molecular complexity index is 360. The molecular weight excluding hydrogens is 226 g/mol.